The normalized spacial score (nSPS) is 15.9. The minimum absolute atomic E-state index is 0.0123. The molecule has 1 heterocycles. The largest absolute Gasteiger partial charge is 0.452 e. The van der Waals surface area contributed by atoms with Crippen LogP contribution >= 0.6 is 0 Å². The molecule has 126 valence electrons. The highest BCUT2D eigenvalue weighted by molar-refractivity contribution is 5.91. The molecule has 0 spiro atoms. The number of hydrogen-bond acceptors (Lipinski definition) is 3. The third kappa shape index (κ3) is 4.97. The molecule has 0 unspecified atom stereocenters. The Hall–Kier alpha value is -2.05. The van der Waals surface area contributed by atoms with E-state index in [1.807, 2.05) is 0 Å². The fourth-order valence-corrected chi connectivity index (χ4v) is 2.42. The molecule has 4 nitrogen and oxygen atoms in total. The number of ether oxygens (including phenoxy) is 1. The van der Waals surface area contributed by atoms with Gasteiger partial charge >= 0.3 is 12.1 Å². The first-order valence-electron chi connectivity index (χ1n) is 7.50. The smallest absolute Gasteiger partial charge is 0.416 e. The second-order valence-electron chi connectivity index (χ2n) is 5.45. The van der Waals surface area contributed by atoms with Gasteiger partial charge in [0.05, 0.1) is 11.1 Å². The Labute approximate surface area is 132 Å². The molecule has 0 aliphatic carbocycles. The van der Waals surface area contributed by atoms with Crippen LogP contribution < -0.4 is 0 Å². The molecule has 0 aromatic heterocycles. The van der Waals surface area contributed by atoms with E-state index >= 15 is 0 Å². The highest BCUT2D eigenvalue weighted by atomic mass is 19.4. The molecule has 1 saturated heterocycles. The Kier molecular flexibility index (Phi) is 5.63. The van der Waals surface area contributed by atoms with Crippen LogP contribution in [0.1, 0.15) is 41.6 Å². The van der Waals surface area contributed by atoms with Gasteiger partial charge in [0.25, 0.3) is 5.91 Å². The van der Waals surface area contributed by atoms with Crippen molar-refractivity contribution in [3.8, 4) is 0 Å². The lowest BCUT2D eigenvalue weighted by atomic mass is 10.1. The van der Waals surface area contributed by atoms with Crippen LogP contribution in [0.3, 0.4) is 0 Å². The molecule has 0 saturated carbocycles. The zero-order valence-corrected chi connectivity index (χ0v) is 12.6. The minimum atomic E-state index is -4.45. The van der Waals surface area contributed by atoms with E-state index < -0.39 is 17.7 Å². The van der Waals surface area contributed by atoms with Crippen LogP contribution in [-0.2, 0) is 15.7 Å². The number of carbonyl (C=O) groups is 2. The van der Waals surface area contributed by atoms with Crippen molar-refractivity contribution >= 4 is 11.9 Å². The third-order valence-electron chi connectivity index (χ3n) is 3.73. The van der Waals surface area contributed by atoms with Crippen LogP contribution in [0.4, 0.5) is 13.2 Å². The quantitative estimate of drug-likeness (QED) is 0.800. The van der Waals surface area contributed by atoms with Crippen LogP contribution in [0.2, 0.25) is 0 Å². The zero-order valence-electron chi connectivity index (χ0n) is 12.6. The fraction of sp³-hybridized carbons (Fsp3) is 0.500. The van der Waals surface area contributed by atoms with Crippen molar-refractivity contribution in [3.05, 3.63) is 35.4 Å². The van der Waals surface area contributed by atoms with Crippen molar-refractivity contribution in [1.82, 2.24) is 4.90 Å². The monoisotopic (exact) mass is 329 g/mol. The highest BCUT2D eigenvalue weighted by Gasteiger charge is 2.30. The maximum atomic E-state index is 12.4. The first-order valence-corrected chi connectivity index (χ1v) is 7.50. The highest BCUT2D eigenvalue weighted by Crippen LogP contribution is 2.29. The maximum Gasteiger partial charge on any atom is 0.416 e. The van der Waals surface area contributed by atoms with Gasteiger partial charge in [0.1, 0.15) is 0 Å². The number of benzene rings is 1. The van der Waals surface area contributed by atoms with E-state index in [0.29, 0.717) is 13.1 Å². The van der Waals surface area contributed by atoms with Gasteiger partial charge in [-0.1, -0.05) is 12.8 Å². The van der Waals surface area contributed by atoms with Crippen molar-refractivity contribution in [2.24, 2.45) is 0 Å². The molecular weight excluding hydrogens is 311 g/mol. The van der Waals surface area contributed by atoms with Crippen molar-refractivity contribution < 1.29 is 27.5 Å². The van der Waals surface area contributed by atoms with Crippen molar-refractivity contribution in [2.75, 3.05) is 19.7 Å². The predicted octanol–water partition coefficient (Wildman–Crippen LogP) is 3.26. The van der Waals surface area contributed by atoms with E-state index in [1.54, 1.807) is 4.90 Å². The Bertz CT molecular complexity index is 547. The molecule has 23 heavy (non-hydrogen) atoms. The standard InChI is InChI=1S/C16H18F3NO3/c17-16(18,19)13-7-5-12(6-8-13)15(22)23-11-14(21)20-9-3-1-2-4-10-20/h5-8H,1-4,9-11H2. The SMILES string of the molecule is O=C(OCC(=O)N1CCCCCC1)c1ccc(C(F)(F)F)cc1. The number of esters is 1. The summed E-state index contributed by atoms with van der Waals surface area (Å²) in [5.41, 5.74) is -0.851. The molecule has 1 aliphatic heterocycles. The Morgan fingerprint density at radius 1 is 1.00 bits per heavy atom. The average Bonchev–Trinajstić information content (AvgIpc) is 2.81. The molecule has 0 radical (unpaired) electrons. The summed E-state index contributed by atoms with van der Waals surface area (Å²) in [5, 5.41) is 0. The summed E-state index contributed by atoms with van der Waals surface area (Å²) in [6, 6.07) is 3.71. The summed E-state index contributed by atoms with van der Waals surface area (Å²) in [7, 11) is 0. The zero-order chi connectivity index (χ0) is 16.9. The Morgan fingerprint density at radius 2 is 1.57 bits per heavy atom. The molecule has 7 heteroatoms. The molecule has 1 fully saturated rings. The lowest BCUT2D eigenvalue weighted by molar-refractivity contribution is -0.137. The number of carbonyl (C=O) groups excluding carboxylic acids is 2. The number of nitrogens with zero attached hydrogens (tertiary/aromatic N) is 1. The number of hydrogen-bond donors (Lipinski definition) is 0. The molecule has 1 aromatic rings. The predicted molar refractivity (Wildman–Crippen MR) is 76.8 cm³/mol. The summed E-state index contributed by atoms with van der Waals surface area (Å²) in [6.45, 7) is 0.910. The number of amides is 1. The molecule has 0 bridgehead atoms. The second-order valence-corrected chi connectivity index (χ2v) is 5.45. The molecule has 0 atom stereocenters. The second kappa shape index (κ2) is 7.48. The Morgan fingerprint density at radius 3 is 2.09 bits per heavy atom. The van der Waals surface area contributed by atoms with Crippen LogP contribution in [-0.4, -0.2) is 36.5 Å². The maximum absolute atomic E-state index is 12.4. The molecule has 0 N–H and O–H groups in total. The van der Waals surface area contributed by atoms with Gasteiger partial charge in [-0.05, 0) is 37.1 Å². The first kappa shape index (κ1) is 17.3. The van der Waals surface area contributed by atoms with Crippen molar-refractivity contribution in [1.29, 1.82) is 0 Å². The molecule has 1 aromatic carbocycles. The molecule has 2 rings (SSSR count). The summed E-state index contributed by atoms with van der Waals surface area (Å²) >= 11 is 0. The van der Waals surface area contributed by atoms with Gasteiger partial charge < -0.3 is 9.64 Å². The fourth-order valence-electron chi connectivity index (χ4n) is 2.42. The lowest BCUT2D eigenvalue weighted by Crippen LogP contribution is -2.35. The number of halogens is 3. The number of alkyl halides is 3. The van der Waals surface area contributed by atoms with Gasteiger partial charge in [-0.3, -0.25) is 4.79 Å². The lowest BCUT2D eigenvalue weighted by Gasteiger charge is -2.19. The van der Waals surface area contributed by atoms with Gasteiger partial charge in [0, 0.05) is 13.1 Å². The molecule has 1 amide bonds. The van der Waals surface area contributed by atoms with E-state index in [4.69, 9.17) is 4.74 Å². The summed E-state index contributed by atoms with van der Waals surface area (Å²) in [4.78, 5) is 25.4. The Balaban J connectivity index is 1.87. The van der Waals surface area contributed by atoms with Gasteiger partial charge in [-0.15, -0.1) is 0 Å². The minimum Gasteiger partial charge on any atom is -0.452 e. The summed E-state index contributed by atoms with van der Waals surface area (Å²) in [6.07, 6.45) is -0.438. The van der Waals surface area contributed by atoms with Crippen LogP contribution in [0.5, 0.6) is 0 Å². The van der Waals surface area contributed by atoms with Crippen molar-refractivity contribution in [3.63, 3.8) is 0 Å². The van der Waals surface area contributed by atoms with E-state index in [1.165, 1.54) is 0 Å². The third-order valence-corrected chi connectivity index (χ3v) is 3.73. The van der Waals surface area contributed by atoms with E-state index in [9.17, 15) is 22.8 Å². The van der Waals surface area contributed by atoms with Crippen LogP contribution in [0.15, 0.2) is 24.3 Å². The van der Waals surface area contributed by atoms with Gasteiger partial charge in [0.15, 0.2) is 6.61 Å². The molecule has 1 aliphatic rings. The van der Waals surface area contributed by atoms with E-state index in [-0.39, 0.29) is 18.1 Å². The van der Waals surface area contributed by atoms with Crippen molar-refractivity contribution in [2.45, 2.75) is 31.9 Å². The summed E-state index contributed by atoms with van der Waals surface area (Å²) in [5.74, 6) is -1.07. The summed E-state index contributed by atoms with van der Waals surface area (Å²) < 4.78 is 42.2. The van der Waals surface area contributed by atoms with Crippen LogP contribution in [0, 0.1) is 0 Å². The first-order chi connectivity index (χ1) is 10.9. The number of likely N-dealkylation sites (tertiary alicyclic amines) is 1. The van der Waals surface area contributed by atoms with Gasteiger partial charge in [0.2, 0.25) is 0 Å². The average molecular weight is 329 g/mol. The van der Waals surface area contributed by atoms with Gasteiger partial charge in [-0.2, -0.15) is 13.2 Å². The van der Waals surface area contributed by atoms with Gasteiger partial charge in [-0.25, -0.2) is 4.79 Å². The van der Waals surface area contributed by atoms with Crippen LogP contribution in [0.25, 0.3) is 0 Å². The topological polar surface area (TPSA) is 46.6 Å². The van der Waals surface area contributed by atoms with E-state index in [2.05, 4.69) is 0 Å². The van der Waals surface area contributed by atoms with E-state index in [0.717, 1.165) is 49.9 Å². The number of rotatable bonds is 3. The molecular formula is C16H18F3NO3.